The van der Waals surface area contributed by atoms with E-state index in [2.05, 4.69) is 5.32 Å². The number of Topliss-reactive ketones (excluding diaryl/α,β-unsaturated/α-hetero) is 1. The number of carboxylic acid groups (broad SMARTS) is 1. The first-order valence-electron chi connectivity index (χ1n) is 5.90. The van der Waals surface area contributed by atoms with Crippen LogP contribution < -0.4 is 5.32 Å². The zero-order valence-electron chi connectivity index (χ0n) is 10.5. The Bertz CT molecular complexity index is 477. The molecule has 0 radical (unpaired) electrons. The van der Waals surface area contributed by atoms with Crippen LogP contribution in [0.1, 0.15) is 30.1 Å². The fourth-order valence-corrected chi connectivity index (χ4v) is 2.13. The van der Waals surface area contributed by atoms with E-state index < -0.39 is 12.0 Å². The lowest BCUT2D eigenvalue weighted by Crippen LogP contribution is -2.39. The molecule has 4 nitrogen and oxygen atoms in total. The number of carbonyl (C=O) groups excluding carboxylic acids is 1. The molecule has 19 heavy (non-hydrogen) atoms. The first-order chi connectivity index (χ1) is 8.95. The molecule has 0 aliphatic rings. The van der Waals surface area contributed by atoms with Gasteiger partial charge in [0.1, 0.15) is 0 Å². The smallest absolute Gasteiger partial charge is 0.305 e. The van der Waals surface area contributed by atoms with Crippen LogP contribution in [0.15, 0.2) is 18.2 Å². The van der Waals surface area contributed by atoms with Gasteiger partial charge in [-0.2, -0.15) is 0 Å². The van der Waals surface area contributed by atoms with Crippen molar-refractivity contribution in [2.75, 3.05) is 6.54 Å². The van der Waals surface area contributed by atoms with Crippen molar-refractivity contribution in [1.29, 1.82) is 0 Å². The average molecular weight is 304 g/mol. The minimum Gasteiger partial charge on any atom is -0.481 e. The molecular formula is C13H15Cl2NO3. The predicted molar refractivity (Wildman–Crippen MR) is 75.1 cm³/mol. The molecule has 0 aliphatic carbocycles. The zero-order valence-corrected chi connectivity index (χ0v) is 12.0. The van der Waals surface area contributed by atoms with Gasteiger partial charge in [0.15, 0.2) is 5.78 Å². The number of nitrogens with one attached hydrogen (secondary N) is 1. The van der Waals surface area contributed by atoms with Crippen molar-refractivity contribution in [2.24, 2.45) is 0 Å². The molecule has 1 unspecified atom stereocenters. The van der Waals surface area contributed by atoms with E-state index in [0.29, 0.717) is 11.6 Å². The Hall–Kier alpha value is -1.10. The quantitative estimate of drug-likeness (QED) is 0.760. The summed E-state index contributed by atoms with van der Waals surface area (Å²) in [6.45, 7) is 2.50. The van der Waals surface area contributed by atoms with E-state index in [9.17, 15) is 9.59 Å². The molecule has 2 N–H and O–H groups in total. The van der Waals surface area contributed by atoms with Crippen molar-refractivity contribution in [2.45, 2.75) is 25.8 Å². The van der Waals surface area contributed by atoms with Gasteiger partial charge < -0.3 is 10.4 Å². The lowest BCUT2D eigenvalue weighted by atomic mass is 10.0. The fourth-order valence-electron chi connectivity index (χ4n) is 1.63. The summed E-state index contributed by atoms with van der Waals surface area (Å²) < 4.78 is 0. The Morgan fingerprint density at radius 1 is 1.37 bits per heavy atom. The highest BCUT2D eigenvalue weighted by atomic mass is 35.5. The lowest BCUT2D eigenvalue weighted by Gasteiger charge is -2.16. The minimum absolute atomic E-state index is 0.228. The summed E-state index contributed by atoms with van der Waals surface area (Å²) in [6.07, 6.45) is 0.523. The number of aliphatic carboxylic acids is 1. The van der Waals surface area contributed by atoms with Gasteiger partial charge in [0.05, 0.1) is 17.5 Å². The van der Waals surface area contributed by atoms with E-state index in [1.54, 1.807) is 6.07 Å². The first kappa shape index (κ1) is 16.0. The normalized spacial score (nSPS) is 12.2. The second-order valence-corrected chi connectivity index (χ2v) is 4.94. The van der Waals surface area contributed by atoms with E-state index in [4.69, 9.17) is 28.3 Å². The van der Waals surface area contributed by atoms with Crippen molar-refractivity contribution in [3.05, 3.63) is 33.8 Å². The first-order valence-corrected chi connectivity index (χ1v) is 6.65. The summed E-state index contributed by atoms with van der Waals surface area (Å²) in [5.74, 6) is -1.37. The second kappa shape index (κ2) is 7.48. The Kier molecular flexibility index (Phi) is 6.28. The number of carbonyl (C=O) groups is 2. The molecule has 0 saturated carbocycles. The van der Waals surface area contributed by atoms with E-state index in [0.717, 1.165) is 6.42 Å². The van der Waals surface area contributed by atoms with E-state index >= 15 is 0 Å². The van der Waals surface area contributed by atoms with Crippen LogP contribution >= 0.6 is 23.2 Å². The monoisotopic (exact) mass is 303 g/mol. The van der Waals surface area contributed by atoms with Crippen molar-refractivity contribution in [3.63, 3.8) is 0 Å². The molecule has 104 valence electrons. The molecule has 0 spiro atoms. The van der Waals surface area contributed by atoms with Crippen molar-refractivity contribution < 1.29 is 14.7 Å². The standard InChI is InChI=1S/C13H15Cl2NO3/c1-2-5-16-11(7-12(17)18)13(19)9-4-3-8(14)6-10(9)15/h3-4,6,11,16H,2,5,7H2,1H3,(H,17,18). The summed E-state index contributed by atoms with van der Waals surface area (Å²) in [6, 6.07) is 3.75. The molecule has 0 aliphatic heterocycles. The molecule has 6 heteroatoms. The molecule has 0 bridgehead atoms. The number of carboxylic acids is 1. The summed E-state index contributed by atoms with van der Waals surface area (Å²) in [4.78, 5) is 23.1. The molecule has 0 fully saturated rings. The topological polar surface area (TPSA) is 66.4 Å². The SMILES string of the molecule is CCCNC(CC(=O)O)C(=O)c1ccc(Cl)cc1Cl. The predicted octanol–water partition coefficient (Wildman–Crippen LogP) is 3.02. The largest absolute Gasteiger partial charge is 0.481 e. The number of hydrogen-bond acceptors (Lipinski definition) is 3. The number of hydrogen-bond donors (Lipinski definition) is 2. The Labute approximate surface area is 121 Å². The van der Waals surface area contributed by atoms with Crippen molar-refractivity contribution >= 4 is 35.0 Å². The summed E-state index contributed by atoms with van der Waals surface area (Å²) in [5.41, 5.74) is 0.279. The van der Waals surface area contributed by atoms with Crippen LogP contribution in [0.25, 0.3) is 0 Å². The van der Waals surface area contributed by atoms with Gasteiger partial charge in [-0.05, 0) is 31.2 Å². The molecule has 1 atom stereocenters. The third kappa shape index (κ3) is 4.82. The number of rotatable bonds is 7. The lowest BCUT2D eigenvalue weighted by molar-refractivity contribution is -0.137. The fraction of sp³-hybridized carbons (Fsp3) is 0.385. The van der Waals surface area contributed by atoms with E-state index in [1.165, 1.54) is 12.1 Å². The van der Waals surface area contributed by atoms with Gasteiger partial charge in [0.2, 0.25) is 0 Å². The summed E-state index contributed by atoms with van der Waals surface area (Å²) in [7, 11) is 0. The molecule has 0 saturated heterocycles. The van der Waals surface area contributed by atoms with Gasteiger partial charge in [0, 0.05) is 10.6 Å². The van der Waals surface area contributed by atoms with Gasteiger partial charge in [-0.25, -0.2) is 0 Å². The molecule has 0 amide bonds. The maximum absolute atomic E-state index is 12.3. The van der Waals surface area contributed by atoms with Gasteiger partial charge in [0.25, 0.3) is 0 Å². The van der Waals surface area contributed by atoms with Crippen LogP contribution in [0.3, 0.4) is 0 Å². The van der Waals surface area contributed by atoms with Crippen LogP contribution in [0, 0.1) is 0 Å². The Morgan fingerprint density at radius 2 is 2.05 bits per heavy atom. The minimum atomic E-state index is -1.04. The molecule has 1 aromatic carbocycles. The Morgan fingerprint density at radius 3 is 2.58 bits per heavy atom. The third-order valence-electron chi connectivity index (χ3n) is 2.53. The highest BCUT2D eigenvalue weighted by Crippen LogP contribution is 2.22. The van der Waals surface area contributed by atoms with Crippen molar-refractivity contribution in [3.8, 4) is 0 Å². The van der Waals surface area contributed by atoms with Gasteiger partial charge in [-0.15, -0.1) is 0 Å². The maximum atomic E-state index is 12.3. The molecule has 1 aromatic rings. The molecule has 1 rings (SSSR count). The Balaban J connectivity index is 2.93. The molecule has 0 aromatic heterocycles. The maximum Gasteiger partial charge on any atom is 0.305 e. The highest BCUT2D eigenvalue weighted by Gasteiger charge is 2.24. The second-order valence-electron chi connectivity index (χ2n) is 4.09. The summed E-state index contributed by atoms with van der Waals surface area (Å²) in [5, 5.41) is 12.4. The number of halogens is 2. The van der Waals surface area contributed by atoms with Crippen LogP contribution in [0.5, 0.6) is 0 Å². The molecule has 0 heterocycles. The molecular weight excluding hydrogens is 289 g/mol. The van der Waals surface area contributed by atoms with Gasteiger partial charge in [-0.3, -0.25) is 9.59 Å². The van der Waals surface area contributed by atoms with Crippen LogP contribution in [-0.2, 0) is 4.79 Å². The van der Waals surface area contributed by atoms with E-state index in [-0.39, 0.29) is 22.8 Å². The van der Waals surface area contributed by atoms with Gasteiger partial charge >= 0.3 is 5.97 Å². The zero-order chi connectivity index (χ0) is 14.4. The highest BCUT2D eigenvalue weighted by molar-refractivity contribution is 6.37. The number of benzene rings is 1. The number of ketones is 1. The third-order valence-corrected chi connectivity index (χ3v) is 3.08. The van der Waals surface area contributed by atoms with Crippen molar-refractivity contribution in [1.82, 2.24) is 5.32 Å². The van der Waals surface area contributed by atoms with Crippen LogP contribution in [0.4, 0.5) is 0 Å². The van der Waals surface area contributed by atoms with Gasteiger partial charge in [-0.1, -0.05) is 30.1 Å². The van der Waals surface area contributed by atoms with Crippen LogP contribution in [0.2, 0.25) is 10.0 Å². The average Bonchev–Trinajstić information content (AvgIpc) is 2.33. The van der Waals surface area contributed by atoms with Crippen LogP contribution in [-0.4, -0.2) is 29.4 Å². The summed E-state index contributed by atoms with van der Waals surface area (Å²) >= 11 is 11.7. The van der Waals surface area contributed by atoms with E-state index in [1.807, 2.05) is 6.92 Å².